The summed E-state index contributed by atoms with van der Waals surface area (Å²) in [6, 6.07) is 10.6. The normalized spacial score (nSPS) is 18.3. The summed E-state index contributed by atoms with van der Waals surface area (Å²) in [4.78, 5) is 20.3. The van der Waals surface area contributed by atoms with Gasteiger partial charge in [-0.1, -0.05) is 30.3 Å². The van der Waals surface area contributed by atoms with Crippen LogP contribution in [0.3, 0.4) is 0 Å². The maximum Gasteiger partial charge on any atom is 0.223 e. The van der Waals surface area contributed by atoms with Crippen LogP contribution in [-0.2, 0) is 24.1 Å². The smallest absolute Gasteiger partial charge is 0.223 e. The molecule has 0 spiro atoms. The molecule has 23 heavy (non-hydrogen) atoms. The molecule has 3 rings (SSSR count). The van der Waals surface area contributed by atoms with Gasteiger partial charge in [-0.05, 0) is 45.1 Å². The van der Waals surface area contributed by atoms with E-state index in [-0.39, 0.29) is 17.9 Å². The Kier molecular flexibility index (Phi) is 4.79. The first-order chi connectivity index (χ1) is 11.1. The standard InChI is InChI=1S/C19H25N3O/c1-13(8-9-15-6-4-3-5-7-15)20-19(23)16-10-11-17-18(12-16)22-14(2)21-17/h3-7,13,16H,8-12H2,1-2H3,(H,20,23)(H,21,22). The molecule has 1 aromatic heterocycles. The van der Waals surface area contributed by atoms with Crippen LogP contribution in [0.4, 0.5) is 0 Å². The summed E-state index contributed by atoms with van der Waals surface area (Å²) in [6.07, 6.45) is 4.55. The average Bonchev–Trinajstić information content (AvgIpc) is 2.93. The van der Waals surface area contributed by atoms with Gasteiger partial charge in [-0.2, -0.15) is 0 Å². The Bertz CT molecular complexity index is 663. The molecule has 1 aromatic carbocycles. The van der Waals surface area contributed by atoms with Crippen LogP contribution >= 0.6 is 0 Å². The van der Waals surface area contributed by atoms with Crippen LogP contribution in [0.25, 0.3) is 0 Å². The third-order valence-electron chi connectivity index (χ3n) is 4.63. The van der Waals surface area contributed by atoms with Gasteiger partial charge in [-0.25, -0.2) is 4.98 Å². The van der Waals surface area contributed by atoms with Crippen LogP contribution < -0.4 is 5.32 Å². The van der Waals surface area contributed by atoms with E-state index in [1.807, 2.05) is 13.0 Å². The fourth-order valence-corrected chi connectivity index (χ4v) is 3.31. The average molecular weight is 311 g/mol. The summed E-state index contributed by atoms with van der Waals surface area (Å²) < 4.78 is 0. The first-order valence-corrected chi connectivity index (χ1v) is 8.50. The highest BCUT2D eigenvalue weighted by atomic mass is 16.1. The number of carbonyl (C=O) groups is 1. The summed E-state index contributed by atoms with van der Waals surface area (Å²) in [7, 11) is 0. The maximum absolute atomic E-state index is 12.5. The molecule has 0 fully saturated rings. The number of nitrogens with one attached hydrogen (secondary N) is 2. The Morgan fingerprint density at radius 2 is 2.17 bits per heavy atom. The van der Waals surface area contributed by atoms with Crippen molar-refractivity contribution in [3.05, 3.63) is 53.1 Å². The molecule has 2 atom stereocenters. The Labute approximate surface area is 137 Å². The van der Waals surface area contributed by atoms with E-state index in [1.54, 1.807) is 0 Å². The molecule has 2 aromatic rings. The van der Waals surface area contributed by atoms with Crippen molar-refractivity contribution in [2.24, 2.45) is 5.92 Å². The largest absolute Gasteiger partial charge is 0.353 e. The molecule has 4 nitrogen and oxygen atoms in total. The van der Waals surface area contributed by atoms with Crippen molar-refractivity contribution in [3.63, 3.8) is 0 Å². The van der Waals surface area contributed by atoms with E-state index in [0.717, 1.165) is 49.3 Å². The third-order valence-corrected chi connectivity index (χ3v) is 4.63. The number of hydrogen-bond acceptors (Lipinski definition) is 2. The molecule has 4 heteroatoms. The van der Waals surface area contributed by atoms with Crippen LogP contribution in [0.15, 0.2) is 30.3 Å². The molecule has 0 aliphatic heterocycles. The number of hydrogen-bond donors (Lipinski definition) is 2. The number of carbonyl (C=O) groups excluding carboxylic acids is 1. The van der Waals surface area contributed by atoms with Gasteiger partial charge in [0.2, 0.25) is 5.91 Å². The summed E-state index contributed by atoms with van der Waals surface area (Å²) in [5, 5.41) is 3.18. The number of aryl methyl sites for hydroxylation is 3. The second kappa shape index (κ2) is 6.99. The lowest BCUT2D eigenvalue weighted by Gasteiger charge is -2.23. The van der Waals surface area contributed by atoms with Gasteiger partial charge in [-0.3, -0.25) is 4.79 Å². The highest BCUT2D eigenvalue weighted by Gasteiger charge is 2.27. The minimum Gasteiger partial charge on any atom is -0.353 e. The van der Waals surface area contributed by atoms with Gasteiger partial charge in [0, 0.05) is 24.1 Å². The van der Waals surface area contributed by atoms with Crippen LogP contribution in [0.2, 0.25) is 0 Å². The number of aromatic nitrogens is 2. The van der Waals surface area contributed by atoms with Gasteiger partial charge in [0.05, 0.1) is 5.69 Å². The molecule has 0 saturated carbocycles. The highest BCUT2D eigenvalue weighted by Crippen LogP contribution is 2.24. The van der Waals surface area contributed by atoms with E-state index in [0.29, 0.717) is 0 Å². The van der Waals surface area contributed by atoms with Gasteiger partial charge >= 0.3 is 0 Å². The van der Waals surface area contributed by atoms with Crippen molar-refractivity contribution in [1.82, 2.24) is 15.3 Å². The van der Waals surface area contributed by atoms with Gasteiger partial charge in [-0.15, -0.1) is 0 Å². The Balaban J connectivity index is 1.49. The van der Waals surface area contributed by atoms with E-state index < -0.39 is 0 Å². The second-order valence-corrected chi connectivity index (χ2v) is 6.62. The van der Waals surface area contributed by atoms with Crippen LogP contribution in [0, 0.1) is 12.8 Å². The Morgan fingerprint density at radius 3 is 2.96 bits per heavy atom. The van der Waals surface area contributed by atoms with Gasteiger partial charge in [0.25, 0.3) is 0 Å². The molecule has 0 bridgehead atoms. The van der Waals surface area contributed by atoms with Gasteiger partial charge in [0.1, 0.15) is 5.82 Å². The monoisotopic (exact) mass is 311 g/mol. The van der Waals surface area contributed by atoms with Crippen molar-refractivity contribution in [3.8, 4) is 0 Å². The summed E-state index contributed by atoms with van der Waals surface area (Å²) in [6.45, 7) is 4.06. The SMILES string of the molecule is Cc1nc2c([nH]1)CC(C(=O)NC(C)CCc1ccccc1)CC2. The molecule has 1 heterocycles. The summed E-state index contributed by atoms with van der Waals surface area (Å²) in [5.41, 5.74) is 3.61. The number of amides is 1. The minimum atomic E-state index is 0.0709. The number of benzene rings is 1. The van der Waals surface area contributed by atoms with Gasteiger partial charge < -0.3 is 10.3 Å². The predicted molar refractivity (Wildman–Crippen MR) is 91.2 cm³/mol. The number of nitrogens with zero attached hydrogens (tertiary/aromatic N) is 1. The topological polar surface area (TPSA) is 57.8 Å². The molecule has 2 unspecified atom stereocenters. The zero-order valence-electron chi connectivity index (χ0n) is 13.9. The number of fused-ring (bicyclic) bond motifs is 1. The van der Waals surface area contributed by atoms with Crippen LogP contribution in [0.1, 0.15) is 42.5 Å². The molecule has 0 saturated heterocycles. The predicted octanol–water partition coefficient (Wildman–Crippen LogP) is 2.96. The molecule has 1 aliphatic carbocycles. The first kappa shape index (κ1) is 15.8. The highest BCUT2D eigenvalue weighted by molar-refractivity contribution is 5.79. The molecule has 122 valence electrons. The van der Waals surface area contributed by atoms with E-state index in [1.165, 1.54) is 5.56 Å². The minimum absolute atomic E-state index is 0.0709. The van der Waals surface area contributed by atoms with Gasteiger partial charge in [0.15, 0.2) is 0 Å². The van der Waals surface area contributed by atoms with E-state index in [9.17, 15) is 4.79 Å². The molecule has 1 amide bonds. The van der Waals surface area contributed by atoms with Crippen molar-refractivity contribution < 1.29 is 4.79 Å². The summed E-state index contributed by atoms with van der Waals surface area (Å²) >= 11 is 0. The van der Waals surface area contributed by atoms with E-state index in [4.69, 9.17) is 0 Å². The molecule has 2 N–H and O–H groups in total. The van der Waals surface area contributed by atoms with Crippen molar-refractivity contribution in [2.75, 3.05) is 0 Å². The molecule has 0 radical (unpaired) electrons. The van der Waals surface area contributed by atoms with E-state index >= 15 is 0 Å². The zero-order chi connectivity index (χ0) is 16.2. The third kappa shape index (κ3) is 4.01. The first-order valence-electron chi connectivity index (χ1n) is 8.50. The lowest BCUT2D eigenvalue weighted by atomic mass is 9.89. The number of H-pyrrole nitrogens is 1. The zero-order valence-corrected chi connectivity index (χ0v) is 13.9. The Morgan fingerprint density at radius 1 is 1.39 bits per heavy atom. The fraction of sp³-hybridized carbons (Fsp3) is 0.474. The number of rotatable bonds is 5. The number of imidazole rings is 1. The van der Waals surface area contributed by atoms with Crippen molar-refractivity contribution in [1.29, 1.82) is 0 Å². The van der Waals surface area contributed by atoms with Crippen molar-refractivity contribution in [2.45, 2.75) is 52.0 Å². The number of aromatic amines is 1. The van der Waals surface area contributed by atoms with Crippen LogP contribution in [0.5, 0.6) is 0 Å². The van der Waals surface area contributed by atoms with Crippen molar-refractivity contribution >= 4 is 5.91 Å². The quantitative estimate of drug-likeness (QED) is 0.892. The Hall–Kier alpha value is -2.10. The lowest BCUT2D eigenvalue weighted by molar-refractivity contribution is -0.126. The second-order valence-electron chi connectivity index (χ2n) is 6.62. The van der Waals surface area contributed by atoms with E-state index in [2.05, 4.69) is 46.5 Å². The summed E-state index contributed by atoms with van der Waals surface area (Å²) in [5.74, 6) is 1.21. The fourth-order valence-electron chi connectivity index (χ4n) is 3.31. The molecular weight excluding hydrogens is 286 g/mol. The molecule has 1 aliphatic rings. The molecular formula is C19H25N3O. The maximum atomic E-state index is 12.5. The van der Waals surface area contributed by atoms with Crippen LogP contribution in [-0.4, -0.2) is 21.9 Å². The lowest BCUT2D eigenvalue weighted by Crippen LogP contribution is -2.39.